The van der Waals surface area contributed by atoms with Crippen molar-refractivity contribution in [1.82, 2.24) is 4.98 Å². The molecule has 0 bridgehead atoms. The minimum atomic E-state index is 0.762. The molecule has 3 heteroatoms. The number of pyridine rings is 1. The molecule has 0 radical (unpaired) electrons. The van der Waals surface area contributed by atoms with Crippen LogP contribution in [-0.2, 0) is 0 Å². The molecule has 0 spiro atoms. The van der Waals surface area contributed by atoms with E-state index in [0.717, 1.165) is 32.8 Å². The van der Waals surface area contributed by atoms with Crippen molar-refractivity contribution in [1.29, 1.82) is 0 Å². The summed E-state index contributed by atoms with van der Waals surface area (Å²) in [6.45, 7) is 0. The molecule has 0 amide bonds. The van der Waals surface area contributed by atoms with Crippen molar-refractivity contribution in [3.63, 3.8) is 0 Å². The second kappa shape index (κ2) is 8.56. The highest BCUT2D eigenvalue weighted by Gasteiger charge is 2.11. The van der Waals surface area contributed by atoms with E-state index in [0.29, 0.717) is 0 Å². The fourth-order valence-electron chi connectivity index (χ4n) is 2.91. The van der Waals surface area contributed by atoms with Crippen LogP contribution in [0.3, 0.4) is 0 Å². The van der Waals surface area contributed by atoms with Crippen LogP contribution in [0.25, 0.3) is 0 Å². The monoisotopic (exact) mass is 424 g/mol. The van der Waals surface area contributed by atoms with Gasteiger partial charge >= 0.3 is 0 Å². The highest BCUT2D eigenvalue weighted by molar-refractivity contribution is 9.10. The van der Waals surface area contributed by atoms with Gasteiger partial charge in [-0.05, 0) is 76.6 Å². The average Bonchev–Trinajstić information content (AvgIpc) is 2.76. The Balaban J connectivity index is 1.67. The van der Waals surface area contributed by atoms with Gasteiger partial charge in [-0.3, -0.25) is 0 Å². The van der Waals surface area contributed by atoms with E-state index in [2.05, 4.69) is 98.3 Å². The lowest BCUT2D eigenvalue weighted by molar-refractivity contribution is 1.26. The Morgan fingerprint density at radius 1 is 0.607 bits per heavy atom. The third-order valence-electron chi connectivity index (χ3n) is 4.25. The van der Waals surface area contributed by atoms with E-state index in [1.54, 1.807) is 6.20 Å². The van der Waals surface area contributed by atoms with E-state index >= 15 is 0 Å². The summed E-state index contributed by atoms with van der Waals surface area (Å²) in [5, 5.41) is 0. The second-order valence-electron chi connectivity index (χ2n) is 6.15. The largest absolute Gasteiger partial charge is 0.311 e. The van der Waals surface area contributed by atoms with Crippen LogP contribution in [0.4, 0.5) is 17.1 Å². The maximum atomic E-state index is 4.20. The molecule has 0 N–H and O–H groups in total. The molecule has 0 fully saturated rings. The number of rotatable bonds is 3. The Kier molecular flexibility index (Phi) is 5.51. The lowest BCUT2D eigenvalue weighted by Gasteiger charge is -2.25. The zero-order valence-corrected chi connectivity index (χ0v) is 16.7. The van der Waals surface area contributed by atoms with Crippen molar-refractivity contribution in [2.24, 2.45) is 0 Å². The molecule has 0 aliphatic rings. The highest BCUT2D eigenvalue weighted by atomic mass is 79.9. The van der Waals surface area contributed by atoms with E-state index in [9.17, 15) is 0 Å². The van der Waals surface area contributed by atoms with E-state index in [4.69, 9.17) is 0 Å². The lowest BCUT2D eigenvalue weighted by atomic mass is 10.1. The number of nitrogens with zero attached hydrogens (tertiary/aromatic N) is 2. The van der Waals surface area contributed by atoms with Gasteiger partial charge in [-0.15, -0.1) is 0 Å². The molecule has 0 aliphatic heterocycles. The first-order valence-corrected chi connectivity index (χ1v) is 9.73. The van der Waals surface area contributed by atoms with Gasteiger partial charge < -0.3 is 4.90 Å². The first-order chi connectivity index (χ1) is 13.8. The van der Waals surface area contributed by atoms with Gasteiger partial charge in [0.2, 0.25) is 0 Å². The fraction of sp³-hybridized carbons (Fsp3) is 0. The number of benzene rings is 3. The maximum absolute atomic E-state index is 4.20. The van der Waals surface area contributed by atoms with Crippen LogP contribution >= 0.6 is 15.9 Å². The molecule has 1 heterocycles. The van der Waals surface area contributed by atoms with E-state index in [1.807, 2.05) is 36.4 Å². The van der Waals surface area contributed by atoms with Crippen molar-refractivity contribution in [3.05, 3.63) is 119 Å². The zero-order chi connectivity index (χ0) is 19.2. The molecule has 0 atom stereocenters. The summed E-state index contributed by atoms with van der Waals surface area (Å²) in [5.41, 5.74) is 5.16. The number of anilines is 3. The predicted molar refractivity (Wildman–Crippen MR) is 119 cm³/mol. The summed E-state index contributed by atoms with van der Waals surface area (Å²) in [7, 11) is 0. The van der Waals surface area contributed by atoms with Gasteiger partial charge in [0.1, 0.15) is 4.60 Å². The van der Waals surface area contributed by atoms with Gasteiger partial charge in [-0.1, -0.05) is 48.2 Å². The molecule has 2 nitrogen and oxygen atoms in total. The van der Waals surface area contributed by atoms with Crippen LogP contribution in [0, 0.1) is 11.8 Å². The smallest absolute Gasteiger partial charge is 0.121 e. The van der Waals surface area contributed by atoms with Crippen molar-refractivity contribution >= 4 is 33.0 Å². The molecule has 0 saturated carbocycles. The standard InChI is InChI=1S/C25H17BrN2/c26-25-21(8-7-19-27-25)16-13-20-14-17-24(18-15-20)28(22-9-3-1-4-10-22)23-11-5-2-6-12-23/h1-12,14-15,17-19H. The second-order valence-corrected chi connectivity index (χ2v) is 6.90. The first-order valence-electron chi connectivity index (χ1n) is 8.94. The Labute approximate surface area is 173 Å². The average molecular weight is 425 g/mol. The summed E-state index contributed by atoms with van der Waals surface area (Å²) >= 11 is 3.43. The Morgan fingerprint density at radius 2 is 1.18 bits per heavy atom. The Morgan fingerprint density at radius 3 is 1.75 bits per heavy atom. The molecule has 0 saturated heterocycles. The molecule has 0 aliphatic carbocycles. The molecule has 4 rings (SSSR count). The number of aromatic nitrogens is 1. The molecule has 1 aromatic heterocycles. The van der Waals surface area contributed by atoms with Crippen LogP contribution in [0.1, 0.15) is 11.1 Å². The SMILES string of the molecule is Brc1ncccc1C#Cc1ccc(N(c2ccccc2)c2ccccc2)cc1. The molecule has 134 valence electrons. The highest BCUT2D eigenvalue weighted by Crippen LogP contribution is 2.33. The van der Waals surface area contributed by atoms with Gasteiger partial charge in [0.05, 0.1) is 5.56 Å². The van der Waals surface area contributed by atoms with Crippen molar-refractivity contribution in [2.45, 2.75) is 0 Å². The van der Waals surface area contributed by atoms with Gasteiger partial charge in [0.15, 0.2) is 0 Å². The summed E-state index contributed by atoms with van der Waals surface area (Å²) < 4.78 is 0.762. The number of hydrogen-bond acceptors (Lipinski definition) is 2. The summed E-state index contributed by atoms with van der Waals surface area (Å²) in [6.07, 6.45) is 1.74. The van der Waals surface area contributed by atoms with E-state index < -0.39 is 0 Å². The summed E-state index contributed by atoms with van der Waals surface area (Å²) in [4.78, 5) is 6.43. The van der Waals surface area contributed by atoms with Crippen molar-refractivity contribution in [3.8, 4) is 11.8 Å². The molecule has 28 heavy (non-hydrogen) atoms. The van der Waals surface area contributed by atoms with Gasteiger partial charge in [-0.25, -0.2) is 4.98 Å². The lowest BCUT2D eigenvalue weighted by Crippen LogP contribution is -2.09. The topological polar surface area (TPSA) is 16.1 Å². The zero-order valence-electron chi connectivity index (χ0n) is 15.1. The predicted octanol–water partition coefficient (Wildman–Crippen LogP) is 6.71. The maximum Gasteiger partial charge on any atom is 0.121 e. The van der Waals surface area contributed by atoms with Gasteiger partial charge in [0, 0.05) is 28.8 Å². The molecular formula is C25H17BrN2. The molecule has 4 aromatic rings. The van der Waals surface area contributed by atoms with Crippen LogP contribution < -0.4 is 4.90 Å². The number of para-hydroxylation sites is 2. The first kappa shape index (κ1) is 18.0. The van der Waals surface area contributed by atoms with Crippen LogP contribution in [0.5, 0.6) is 0 Å². The van der Waals surface area contributed by atoms with Crippen molar-refractivity contribution < 1.29 is 0 Å². The number of halogens is 1. The van der Waals surface area contributed by atoms with Crippen LogP contribution in [0.2, 0.25) is 0 Å². The third kappa shape index (κ3) is 4.14. The molecule has 0 unspecified atom stereocenters. The summed E-state index contributed by atoms with van der Waals surface area (Å²) in [6, 6.07) is 32.8. The quantitative estimate of drug-likeness (QED) is 0.268. The fourth-order valence-corrected chi connectivity index (χ4v) is 3.26. The minimum absolute atomic E-state index is 0.762. The van der Waals surface area contributed by atoms with Crippen LogP contribution in [0.15, 0.2) is 108 Å². The summed E-state index contributed by atoms with van der Waals surface area (Å²) in [5.74, 6) is 6.38. The van der Waals surface area contributed by atoms with E-state index in [-0.39, 0.29) is 0 Å². The normalized spacial score (nSPS) is 10.0. The molecular weight excluding hydrogens is 408 g/mol. The van der Waals surface area contributed by atoms with Crippen LogP contribution in [-0.4, -0.2) is 4.98 Å². The van der Waals surface area contributed by atoms with Crippen molar-refractivity contribution in [2.75, 3.05) is 4.90 Å². The third-order valence-corrected chi connectivity index (χ3v) is 4.89. The van der Waals surface area contributed by atoms with Gasteiger partial charge in [0.25, 0.3) is 0 Å². The Bertz CT molecular complexity index is 1070. The Hall–Kier alpha value is -3.35. The minimum Gasteiger partial charge on any atom is -0.311 e. The number of hydrogen-bond donors (Lipinski definition) is 0. The van der Waals surface area contributed by atoms with E-state index in [1.165, 1.54) is 0 Å². The van der Waals surface area contributed by atoms with Gasteiger partial charge in [-0.2, -0.15) is 0 Å². The molecule has 3 aromatic carbocycles.